The Balaban J connectivity index is 1.94. The van der Waals surface area contributed by atoms with Gasteiger partial charge in [-0.3, -0.25) is 4.79 Å². The van der Waals surface area contributed by atoms with Crippen molar-refractivity contribution in [3.8, 4) is 6.07 Å². The summed E-state index contributed by atoms with van der Waals surface area (Å²) in [7, 11) is 0. The Morgan fingerprint density at radius 3 is 1.97 bits per heavy atom. The Bertz CT molecular complexity index is 1090. The fourth-order valence-corrected chi connectivity index (χ4v) is 3.03. The molecule has 1 amide bonds. The predicted molar refractivity (Wildman–Crippen MR) is 108 cm³/mol. The number of hydrogen-bond acceptors (Lipinski definition) is 2. The van der Waals surface area contributed by atoms with E-state index in [1.165, 1.54) is 0 Å². The molecule has 0 saturated carbocycles. The van der Waals surface area contributed by atoms with Crippen LogP contribution < -0.4 is 5.32 Å². The van der Waals surface area contributed by atoms with Crippen LogP contribution in [0, 0.1) is 17.1 Å². The van der Waals surface area contributed by atoms with Gasteiger partial charge in [0.1, 0.15) is 17.5 Å². The Hall–Kier alpha value is -3.92. The van der Waals surface area contributed by atoms with E-state index < -0.39 is 35.1 Å². The Morgan fingerprint density at radius 1 is 0.935 bits per heavy atom. The summed E-state index contributed by atoms with van der Waals surface area (Å²) < 4.78 is 52.5. The Labute approximate surface area is 176 Å². The van der Waals surface area contributed by atoms with E-state index in [0.29, 0.717) is 12.1 Å². The molecular weight excluding hydrogens is 408 g/mol. The lowest BCUT2D eigenvalue weighted by Gasteiger charge is -2.19. The van der Waals surface area contributed by atoms with Gasteiger partial charge in [-0.05, 0) is 41.0 Å². The van der Waals surface area contributed by atoms with E-state index in [2.05, 4.69) is 5.32 Å². The number of hydrogen-bond donors (Lipinski definition) is 1. The molecule has 0 unspecified atom stereocenters. The molecule has 1 N–H and O–H groups in total. The molecule has 3 aromatic carbocycles. The third-order valence-corrected chi connectivity index (χ3v) is 4.46. The van der Waals surface area contributed by atoms with Crippen LogP contribution in [-0.4, -0.2) is 5.91 Å². The SMILES string of the molecule is N#CC(=Cc1cc(F)cc(C(F)(F)F)c1)C(=O)NC(c1ccccc1)c1ccccc1. The van der Waals surface area contributed by atoms with E-state index in [4.69, 9.17) is 0 Å². The number of carbonyl (C=O) groups excluding carboxylic acids is 1. The van der Waals surface area contributed by atoms with Crippen LogP contribution in [0.3, 0.4) is 0 Å². The van der Waals surface area contributed by atoms with Gasteiger partial charge in [-0.25, -0.2) is 4.39 Å². The molecule has 3 nitrogen and oxygen atoms in total. The molecule has 31 heavy (non-hydrogen) atoms. The van der Waals surface area contributed by atoms with Gasteiger partial charge in [-0.2, -0.15) is 18.4 Å². The first kappa shape index (κ1) is 21.8. The van der Waals surface area contributed by atoms with Crippen LogP contribution in [0.25, 0.3) is 6.08 Å². The lowest BCUT2D eigenvalue weighted by Crippen LogP contribution is -2.30. The molecule has 0 aliphatic carbocycles. The van der Waals surface area contributed by atoms with Crippen LogP contribution in [0.15, 0.2) is 84.4 Å². The number of carbonyl (C=O) groups is 1. The number of amides is 1. The summed E-state index contributed by atoms with van der Waals surface area (Å²) in [6.45, 7) is 0. The molecule has 3 rings (SSSR count). The molecule has 0 spiro atoms. The molecular formula is C24H16F4N2O. The number of nitrogens with one attached hydrogen (secondary N) is 1. The molecule has 0 saturated heterocycles. The maximum absolute atomic E-state index is 13.7. The molecule has 0 heterocycles. The van der Waals surface area contributed by atoms with Gasteiger partial charge in [-0.15, -0.1) is 0 Å². The normalized spacial score (nSPS) is 11.8. The van der Waals surface area contributed by atoms with Gasteiger partial charge in [0.2, 0.25) is 0 Å². The summed E-state index contributed by atoms with van der Waals surface area (Å²) in [6.07, 6.45) is -3.83. The zero-order chi connectivity index (χ0) is 22.4. The maximum atomic E-state index is 13.7. The molecule has 0 atom stereocenters. The molecule has 7 heteroatoms. The van der Waals surface area contributed by atoms with Crippen molar-refractivity contribution in [2.75, 3.05) is 0 Å². The van der Waals surface area contributed by atoms with E-state index in [0.717, 1.165) is 23.3 Å². The first-order valence-corrected chi connectivity index (χ1v) is 9.18. The van der Waals surface area contributed by atoms with Crippen molar-refractivity contribution in [3.63, 3.8) is 0 Å². The van der Waals surface area contributed by atoms with Gasteiger partial charge < -0.3 is 5.32 Å². The quantitative estimate of drug-likeness (QED) is 0.327. The van der Waals surface area contributed by atoms with E-state index in [1.807, 2.05) is 12.1 Å². The smallest absolute Gasteiger partial charge is 0.340 e. The lowest BCUT2D eigenvalue weighted by molar-refractivity contribution is -0.137. The second-order valence-electron chi connectivity index (χ2n) is 6.67. The van der Waals surface area contributed by atoms with Crippen LogP contribution in [0.1, 0.15) is 28.3 Å². The standard InChI is InChI=1S/C24H16F4N2O/c25-21-13-16(12-20(14-21)24(26,27)28)11-19(15-29)23(31)30-22(17-7-3-1-4-8-17)18-9-5-2-6-10-18/h1-14,22H,(H,30,31). The van der Waals surface area contributed by atoms with Crippen molar-refractivity contribution in [2.45, 2.75) is 12.2 Å². The number of halogens is 4. The third kappa shape index (κ3) is 5.58. The lowest BCUT2D eigenvalue weighted by atomic mass is 9.98. The average molecular weight is 424 g/mol. The molecule has 0 fully saturated rings. The van der Waals surface area contributed by atoms with Gasteiger partial charge >= 0.3 is 6.18 Å². The van der Waals surface area contributed by atoms with Crippen LogP contribution in [-0.2, 0) is 11.0 Å². The van der Waals surface area contributed by atoms with Gasteiger partial charge in [0, 0.05) is 0 Å². The van der Waals surface area contributed by atoms with Gasteiger partial charge in [0.15, 0.2) is 0 Å². The number of alkyl halides is 3. The largest absolute Gasteiger partial charge is 0.416 e. The van der Waals surface area contributed by atoms with E-state index in [9.17, 15) is 27.6 Å². The van der Waals surface area contributed by atoms with Crippen molar-refractivity contribution in [2.24, 2.45) is 0 Å². The van der Waals surface area contributed by atoms with Crippen LogP contribution in [0.5, 0.6) is 0 Å². The monoisotopic (exact) mass is 424 g/mol. The summed E-state index contributed by atoms with van der Waals surface area (Å²) in [5, 5.41) is 12.1. The Morgan fingerprint density at radius 2 is 1.48 bits per heavy atom. The number of nitriles is 1. The summed E-state index contributed by atoms with van der Waals surface area (Å²) >= 11 is 0. The molecule has 0 aliphatic rings. The summed E-state index contributed by atoms with van der Waals surface area (Å²) in [5.41, 5.74) is -0.387. The van der Waals surface area contributed by atoms with Crippen molar-refractivity contribution in [1.29, 1.82) is 5.26 Å². The highest BCUT2D eigenvalue weighted by molar-refractivity contribution is 6.02. The topological polar surface area (TPSA) is 52.9 Å². The molecule has 0 radical (unpaired) electrons. The minimum absolute atomic E-state index is 0.241. The fraction of sp³-hybridized carbons (Fsp3) is 0.0833. The molecule has 0 aliphatic heterocycles. The van der Waals surface area contributed by atoms with Gasteiger partial charge in [-0.1, -0.05) is 60.7 Å². The molecule has 3 aromatic rings. The highest BCUT2D eigenvalue weighted by Crippen LogP contribution is 2.31. The third-order valence-electron chi connectivity index (χ3n) is 4.46. The maximum Gasteiger partial charge on any atom is 0.416 e. The van der Waals surface area contributed by atoms with E-state index >= 15 is 0 Å². The first-order chi connectivity index (χ1) is 14.8. The van der Waals surface area contributed by atoms with Crippen molar-refractivity contribution >= 4 is 12.0 Å². The molecule has 0 bridgehead atoms. The van der Waals surface area contributed by atoms with Crippen LogP contribution in [0.4, 0.5) is 17.6 Å². The summed E-state index contributed by atoms with van der Waals surface area (Å²) in [6, 6.07) is 21.0. The van der Waals surface area contributed by atoms with E-state index in [-0.39, 0.29) is 5.56 Å². The average Bonchev–Trinajstić information content (AvgIpc) is 2.76. The van der Waals surface area contributed by atoms with Crippen LogP contribution >= 0.6 is 0 Å². The highest BCUT2D eigenvalue weighted by Gasteiger charge is 2.31. The van der Waals surface area contributed by atoms with Crippen molar-refractivity contribution in [3.05, 3.63) is 113 Å². The first-order valence-electron chi connectivity index (χ1n) is 9.18. The predicted octanol–water partition coefficient (Wildman–Crippen LogP) is 5.66. The van der Waals surface area contributed by atoms with Gasteiger partial charge in [0.05, 0.1) is 11.6 Å². The van der Waals surface area contributed by atoms with E-state index in [1.54, 1.807) is 54.6 Å². The van der Waals surface area contributed by atoms with Gasteiger partial charge in [0.25, 0.3) is 5.91 Å². The van der Waals surface area contributed by atoms with Crippen molar-refractivity contribution < 1.29 is 22.4 Å². The minimum atomic E-state index is -4.76. The second kappa shape index (κ2) is 9.26. The second-order valence-corrected chi connectivity index (χ2v) is 6.67. The number of benzene rings is 3. The molecule has 0 aromatic heterocycles. The van der Waals surface area contributed by atoms with Crippen LogP contribution in [0.2, 0.25) is 0 Å². The fourth-order valence-electron chi connectivity index (χ4n) is 3.03. The zero-order valence-corrected chi connectivity index (χ0v) is 16.0. The molecule has 156 valence electrons. The zero-order valence-electron chi connectivity index (χ0n) is 16.0. The number of nitrogens with zero attached hydrogens (tertiary/aromatic N) is 1. The minimum Gasteiger partial charge on any atom is -0.340 e. The highest BCUT2D eigenvalue weighted by atomic mass is 19.4. The number of rotatable bonds is 5. The summed E-state index contributed by atoms with van der Waals surface area (Å²) in [5.74, 6) is -1.91. The Kier molecular flexibility index (Phi) is 6.51. The van der Waals surface area contributed by atoms with Crippen molar-refractivity contribution in [1.82, 2.24) is 5.32 Å². The summed E-state index contributed by atoms with van der Waals surface area (Å²) in [4.78, 5) is 12.8.